The first-order valence-electron chi connectivity index (χ1n) is 7.89. The molecule has 3 aromatic rings. The first-order valence-corrected chi connectivity index (χ1v) is 8.27. The standard InChI is InChI=1S/C20H16ClFN2O2/c21-15-6-11-19(25)14(12-15)13-24(18-9-7-16(22)8-10-18)20(26)23-17-4-2-1-3-5-17/h1-12,25H,13H2,(H,23,26). The van der Waals surface area contributed by atoms with Gasteiger partial charge in [0.15, 0.2) is 0 Å². The number of hydrogen-bond acceptors (Lipinski definition) is 2. The number of phenolic OH excluding ortho intramolecular Hbond substituents is 1. The number of nitrogens with one attached hydrogen (secondary N) is 1. The number of hydrogen-bond donors (Lipinski definition) is 2. The van der Waals surface area contributed by atoms with Gasteiger partial charge in [-0.25, -0.2) is 9.18 Å². The van der Waals surface area contributed by atoms with Crippen LogP contribution in [0.2, 0.25) is 5.02 Å². The maximum atomic E-state index is 13.3. The Kier molecular flexibility index (Phi) is 5.39. The van der Waals surface area contributed by atoms with E-state index in [4.69, 9.17) is 11.6 Å². The summed E-state index contributed by atoms with van der Waals surface area (Å²) in [5, 5.41) is 13.3. The van der Waals surface area contributed by atoms with Gasteiger partial charge in [0.2, 0.25) is 0 Å². The van der Waals surface area contributed by atoms with Gasteiger partial charge in [-0.15, -0.1) is 0 Å². The monoisotopic (exact) mass is 370 g/mol. The van der Waals surface area contributed by atoms with Gasteiger partial charge in [-0.3, -0.25) is 4.90 Å². The largest absolute Gasteiger partial charge is 0.508 e. The molecule has 4 nitrogen and oxygen atoms in total. The Morgan fingerprint density at radius 3 is 2.42 bits per heavy atom. The van der Waals surface area contributed by atoms with E-state index in [0.717, 1.165) is 0 Å². The molecule has 132 valence electrons. The molecule has 2 amide bonds. The number of amides is 2. The second-order valence-electron chi connectivity index (χ2n) is 5.63. The number of carbonyl (C=O) groups excluding carboxylic acids is 1. The third kappa shape index (κ3) is 4.32. The summed E-state index contributed by atoms with van der Waals surface area (Å²) in [7, 11) is 0. The average molecular weight is 371 g/mol. The zero-order valence-electron chi connectivity index (χ0n) is 13.7. The minimum absolute atomic E-state index is 0.0222. The molecule has 0 aliphatic carbocycles. The van der Waals surface area contributed by atoms with E-state index in [2.05, 4.69) is 5.32 Å². The molecule has 6 heteroatoms. The summed E-state index contributed by atoms with van der Waals surface area (Å²) in [4.78, 5) is 14.2. The van der Waals surface area contributed by atoms with Gasteiger partial charge in [-0.05, 0) is 54.6 Å². The van der Waals surface area contributed by atoms with Crippen LogP contribution >= 0.6 is 11.6 Å². The Bertz CT molecular complexity index is 901. The van der Waals surface area contributed by atoms with Crippen LogP contribution in [0.5, 0.6) is 5.75 Å². The maximum absolute atomic E-state index is 13.3. The molecule has 3 rings (SSSR count). The van der Waals surface area contributed by atoms with E-state index in [-0.39, 0.29) is 12.3 Å². The zero-order valence-corrected chi connectivity index (χ0v) is 14.4. The third-order valence-electron chi connectivity index (χ3n) is 3.78. The molecule has 3 aromatic carbocycles. The number of nitrogens with zero attached hydrogens (tertiary/aromatic N) is 1. The predicted molar refractivity (Wildman–Crippen MR) is 101 cm³/mol. The summed E-state index contributed by atoms with van der Waals surface area (Å²) in [5.41, 5.74) is 1.59. The number of rotatable bonds is 4. The first-order chi connectivity index (χ1) is 12.5. The van der Waals surface area contributed by atoms with E-state index in [9.17, 15) is 14.3 Å². The van der Waals surface area contributed by atoms with Crippen molar-refractivity contribution in [2.75, 3.05) is 10.2 Å². The highest BCUT2D eigenvalue weighted by molar-refractivity contribution is 6.30. The lowest BCUT2D eigenvalue weighted by atomic mass is 10.1. The molecule has 0 saturated carbocycles. The maximum Gasteiger partial charge on any atom is 0.326 e. The summed E-state index contributed by atoms with van der Waals surface area (Å²) in [6.45, 7) is 0.0662. The fraction of sp³-hybridized carbons (Fsp3) is 0.0500. The van der Waals surface area contributed by atoms with Gasteiger partial charge < -0.3 is 10.4 Å². The van der Waals surface area contributed by atoms with Crippen LogP contribution in [-0.2, 0) is 6.54 Å². The zero-order chi connectivity index (χ0) is 18.5. The van der Waals surface area contributed by atoms with Crippen molar-refractivity contribution >= 4 is 29.0 Å². The first kappa shape index (κ1) is 17.8. The van der Waals surface area contributed by atoms with E-state index in [0.29, 0.717) is 22.0 Å². The van der Waals surface area contributed by atoms with Crippen LogP contribution in [0.3, 0.4) is 0 Å². The number of urea groups is 1. The van der Waals surface area contributed by atoms with Crippen LogP contribution in [0.15, 0.2) is 72.8 Å². The molecule has 2 N–H and O–H groups in total. The van der Waals surface area contributed by atoms with Gasteiger partial charge in [0.1, 0.15) is 11.6 Å². The Balaban J connectivity index is 1.92. The van der Waals surface area contributed by atoms with E-state index in [1.807, 2.05) is 6.07 Å². The molecule has 0 saturated heterocycles. The fourth-order valence-corrected chi connectivity index (χ4v) is 2.66. The van der Waals surface area contributed by atoms with Crippen molar-refractivity contribution in [2.24, 2.45) is 0 Å². The van der Waals surface area contributed by atoms with Crippen molar-refractivity contribution in [3.63, 3.8) is 0 Å². The van der Waals surface area contributed by atoms with Crippen molar-refractivity contribution in [3.8, 4) is 5.75 Å². The van der Waals surface area contributed by atoms with Crippen LogP contribution in [0.1, 0.15) is 5.56 Å². The summed E-state index contributed by atoms with van der Waals surface area (Å²) < 4.78 is 13.3. The van der Waals surface area contributed by atoms with E-state index >= 15 is 0 Å². The smallest absolute Gasteiger partial charge is 0.326 e. The number of benzene rings is 3. The second-order valence-corrected chi connectivity index (χ2v) is 6.07. The minimum atomic E-state index is -0.415. The molecule has 0 bridgehead atoms. The highest BCUT2D eigenvalue weighted by atomic mass is 35.5. The van der Waals surface area contributed by atoms with Gasteiger partial charge >= 0.3 is 6.03 Å². The molecule has 0 heterocycles. The molecule has 0 spiro atoms. The molecule has 26 heavy (non-hydrogen) atoms. The van der Waals surface area contributed by atoms with Gasteiger partial charge in [-0.1, -0.05) is 29.8 Å². The number of carbonyl (C=O) groups is 1. The van der Waals surface area contributed by atoms with Crippen LogP contribution < -0.4 is 10.2 Å². The molecule has 0 unspecified atom stereocenters. The number of halogens is 2. The summed E-state index contributed by atoms with van der Waals surface area (Å²) in [6.07, 6.45) is 0. The van der Waals surface area contributed by atoms with Gasteiger partial charge in [0, 0.05) is 22.0 Å². The fourth-order valence-electron chi connectivity index (χ4n) is 2.46. The second kappa shape index (κ2) is 7.89. The van der Waals surface area contributed by atoms with Crippen LogP contribution in [-0.4, -0.2) is 11.1 Å². The molecule has 0 aliphatic rings. The highest BCUT2D eigenvalue weighted by Gasteiger charge is 2.18. The van der Waals surface area contributed by atoms with Crippen molar-refractivity contribution < 1.29 is 14.3 Å². The molecule has 0 radical (unpaired) electrons. The van der Waals surface area contributed by atoms with Crippen LogP contribution in [0, 0.1) is 5.82 Å². The van der Waals surface area contributed by atoms with Crippen molar-refractivity contribution in [1.29, 1.82) is 0 Å². The Labute approximate surface area is 155 Å². The lowest BCUT2D eigenvalue weighted by Crippen LogP contribution is -2.34. The Hall–Kier alpha value is -3.05. The van der Waals surface area contributed by atoms with E-state index < -0.39 is 11.8 Å². The predicted octanol–water partition coefficient (Wildman–Crippen LogP) is 5.42. The number of phenols is 1. The van der Waals surface area contributed by atoms with E-state index in [1.54, 1.807) is 36.4 Å². The lowest BCUT2D eigenvalue weighted by Gasteiger charge is -2.24. The Morgan fingerprint density at radius 2 is 1.73 bits per heavy atom. The molecule has 0 aliphatic heterocycles. The Morgan fingerprint density at radius 1 is 1.04 bits per heavy atom. The molecular weight excluding hydrogens is 355 g/mol. The molecule has 0 aromatic heterocycles. The average Bonchev–Trinajstić information content (AvgIpc) is 2.64. The SMILES string of the molecule is O=C(Nc1ccccc1)N(Cc1cc(Cl)ccc1O)c1ccc(F)cc1. The van der Waals surface area contributed by atoms with Crippen LogP contribution in [0.4, 0.5) is 20.6 Å². The van der Waals surface area contributed by atoms with Gasteiger partial charge in [-0.2, -0.15) is 0 Å². The lowest BCUT2D eigenvalue weighted by molar-refractivity contribution is 0.256. The quantitative estimate of drug-likeness (QED) is 0.644. The van der Waals surface area contributed by atoms with E-state index in [1.165, 1.54) is 35.2 Å². The summed E-state index contributed by atoms with van der Waals surface area (Å²) in [6, 6.07) is 18.7. The number of aromatic hydroxyl groups is 1. The number of para-hydroxylation sites is 1. The highest BCUT2D eigenvalue weighted by Crippen LogP contribution is 2.26. The number of anilines is 2. The normalized spacial score (nSPS) is 10.4. The minimum Gasteiger partial charge on any atom is -0.508 e. The molecule has 0 fully saturated rings. The van der Waals surface area contributed by atoms with Gasteiger partial charge in [0.25, 0.3) is 0 Å². The summed E-state index contributed by atoms with van der Waals surface area (Å²) >= 11 is 6.00. The molecular formula is C20H16ClFN2O2. The summed E-state index contributed by atoms with van der Waals surface area (Å²) in [5.74, 6) is -0.378. The van der Waals surface area contributed by atoms with Crippen LogP contribution in [0.25, 0.3) is 0 Å². The van der Waals surface area contributed by atoms with Crippen molar-refractivity contribution in [1.82, 2.24) is 0 Å². The van der Waals surface area contributed by atoms with Crippen molar-refractivity contribution in [3.05, 3.63) is 89.2 Å². The topological polar surface area (TPSA) is 52.6 Å². The van der Waals surface area contributed by atoms with Crippen molar-refractivity contribution in [2.45, 2.75) is 6.54 Å². The van der Waals surface area contributed by atoms with Gasteiger partial charge in [0.05, 0.1) is 6.54 Å². The third-order valence-corrected chi connectivity index (χ3v) is 4.01. The molecule has 0 atom stereocenters.